The summed E-state index contributed by atoms with van der Waals surface area (Å²) in [6, 6.07) is 4.55. The molecule has 0 spiro atoms. The Hall–Kier alpha value is -2.49. The van der Waals surface area contributed by atoms with E-state index >= 15 is 0 Å². The van der Waals surface area contributed by atoms with Gasteiger partial charge in [0.1, 0.15) is 5.75 Å². The van der Waals surface area contributed by atoms with Crippen molar-refractivity contribution < 1.29 is 22.7 Å². The van der Waals surface area contributed by atoms with Gasteiger partial charge in [-0.2, -0.15) is 0 Å². The number of amides is 3. The Balaban J connectivity index is 1.96. The highest BCUT2D eigenvalue weighted by Gasteiger charge is 2.27. The van der Waals surface area contributed by atoms with E-state index in [2.05, 4.69) is 15.4 Å². The highest BCUT2D eigenvalue weighted by molar-refractivity contribution is 7.92. The number of hydrogen-bond donors (Lipinski definition) is 3. The van der Waals surface area contributed by atoms with Gasteiger partial charge < -0.3 is 20.3 Å². The van der Waals surface area contributed by atoms with Gasteiger partial charge in [0, 0.05) is 36.8 Å². The van der Waals surface area contributed by atoms with Gasteiger partial charge in [0.2, 0.25) is 15.9 Å². The molecule has 1 aliphatic rings. The van der Waals surface area contributed by atoms with Gasteiger partial charge >= 0.3 is 6.03 Å². The Labute approximate surface area is 172 Å². The van der Waals surface area contributed by atoms with Crippen LogP contribution >= 0.6 is 0 Å². The maximum atomic E-state index is 12.5. The van der Waals surface area contributed by atoms with Crippen LogP contribution in [0.25, 0.3) is 0 Å². The number of benzene rings is 1. The third-order valence-electron chi connectivity index (χ3n) is 4.68. The first kappa shape index (κ1) is 22.8. The van der Waals surface area contributed by atoms with Crippen LogP contribution in [-0.4, -0.2) is 57.3 Å². The van der Waals surface area contributed by atoms with Crippen LogP contribution in [0.5, 0.6) is 5.75 Å². The van der Waals surface area contributed by atoms with Gasteiger partial charge in [0.05, 0.1) is 18.6 Å². The Bertz CT molecular complexity index is 833. The molecule has 0 aliphatic carbocycles. The van der Waals surface area contributed by atoms with Crippen molar-refractivity contribution in [2.75, 3.05) is 36.0 Å². The molecular formula is C19H30N4O5S. The summed E-state index contributed by atoms with van der Waals surface area (Å²) in [4.78, 5) is 26.3. The Morgan fingerprint density at radius 2 is 1.90 bits per heavy atom. The van der Waals surface area contributed by atoms with E-state index in [0.29, 0.717) is 43.1 Å². The first-order valence-electron chi connectivity index (χ1n) is 9.70. The van der Waals surface area contributed by atoms with Gasteiger partial charge in [0.25, 0.3) is 0 Å². The molecule has 0 saturated carbocycles. The number of anilines is 2. The minimum atomic E-state index is -3.44. The van der Waals surface area contributed by atoms with Gasteiger partial charge in [-0.25, -0.2) is 13.2 Å². The van der Waals surface area contributed by atoms with E-state index in [1.165, 1.54) is 7.11 Å². The Morgan fingerprint density at radius 3 is 2.45 bits per heavy atom. The van der Waals surface area contributed by atoms with E-state index in [-0.39, 0.29) is 29.7 Å². The molecule has 0 radical (unpaired) electrons. The molecule has 162 valence electrons. The van der Waals surface area contributed by atoms with Gasteiger partial charge in [-0.15, -0.1) is 0 Å². The van der Waals surface area contributed by atoms with Crippen molar-refractivity contribution in [1.82, 2.24) is 10.2 Å². The first-order valence-corrected chi connectivity index (χ1v) is 11.3. The number of rotatable bonds is 7. The van der Waals surface area contributed by atoms with Crippen LogP contribution in [0.2, 0.25) is 0 Å². The third kappa shape index (κ3) is 6.52. The van der Waals surface area contributed by atoms with E-state index < -0.39 is 10.0 Å². The predicted molar refractivity (Wildman–Crippen MR) is 113 cm³/mol. The molecular weight excluding hydrogens is 396 g/mol. The van der Waals surface area contributed by atoms with Crippen LogP contribution in [-0.2, 0) is 14.8 Å². The predicted octanol–water partition coefficient (Wildman–Crippen LogP) is 2.23. The lowest BCUT2D eigenvalue weighted by Gasteiger charge is -2.31. The highest BCUT2D eigenvalue weighted by Crippen LogP contribution is 2.29. The number of methoxy groups -OCH3 is 1. The topological polar surface area (TPSA) is 117 Å². The number of carbonyl (C=O) groups excluding carboxylic acids is 2. The lowest BCUT2D eigenvalue weighted by Crippen LogP contribution is -2.45. The molecule has 3 N–H and O–H groups in total. The molecule has 1 saturated heterocycles. The van der Waals surface area contributed by atoms with Crippen molar-refractivity contribution >= 4 is 33.3 Å². The van der Waals surface area contributed by atoms with Crippen LogP contribution in [0, 0.1) is 5.92 Å². The lowest BCUT2D eigenvalue weighted by molar-refractivity contribution is -0.126. The summed E-state index contributed by atoms with van der Waals surface area (Å²) < 4.78 is 31.2. The molecule has 0 atom stereocenters. The molecule has 0 bridgehead atoms. The number of urea groups is 1. The summed E-state index contributed by atoms with van der Waals surface area (Å²) in [5.41, 5.74) is 0.801. The molecule has 10 heteroatoms. The van der Waals surface area contributed by atoms with Gasteiger partial charge in [-0.1, -0.05) is 0 Å². The molecule has 0 aromatic heterocycles. The number of likely N-dealkylation sites (tertiary alicyclic amines) is 1. The third-order valence-corrected chi connectivity index (χ3v) is 5.97. The van der Waals surface area contributed by atoms with Crippen molar-refractivity contribution in [3.63, 3.8) is 0 Å². The lowest BCUT2D eigenvalue weighted by atomic mass is 9.96. The molecule has 1 fully saturated rings. The standard InChI is InChI=1S/C19H30N4O5S/c1-5-29(26,27)22-16-7-6-15(12-17(16)28-4)21-19(25)23-10-8-14(9-11-23)18(24)20-13(2)3/h6-7,12-14,22H,5,8-11H2,1-4H3,(H,20,24)(H,21,25). The summed E-state index contributed by atoms with van der Waals surface area (Å²) in [6.45, 7) is 6.38. The number of nitrogens with zero attached hydrogens (tertiary/aromatic N) is 1. The molecule has 1 aromatic rings. The highest BCUT2D eigenvalue weighted by atomic mass is 32.2. The number of sulfonamides is 1. The number of nitrogens with one attached hydrogen (secondary N) is 3. The van der Waals surface area contributed by atoms with E-state index in [1.54, 1.807) is 30.0 Å². The van der Waals surface area contributed by atoms with Gasteiger partial charge in [-0.3, -0.25) is 9.52 Å². The smallest absolute Gasteiger partial charge is 0.321 e. The summed E-state index contributed by atoms with van der Waals surface area (Å²) >= 11 is 0. The van der Waals surface area contributed by atoms with E-state index in [4.69, 9.17) is 4.74 Å². The summed E-state index contributed by atoms with van der Waals surface area (Å²) in [6.07, 6.45) is 1.24. The van der Waals surface area contributed by atoms with Crippen LogP contribution < -0.4 is 20.1 Å². The zero-order chi connectivity index (χ0) is 21.6. The first-order chi connectivity index (χ1) is 13.6. The number of ether oxygens (including phenoxy) is 1. The summed E-state index contributed by atoms with van der Waals surface area (Å²) in [5, 5.41) is 5.71. The molecule has 3 amide bonds. The van der Waals surface area contributed by atoms with E-state index in [0.717, 1.165) is 0 Å². The van der Waals surface area contributed by atoms with Crippen molar-refractivity contribution in [3.8, 4) is 5.75 Å². The largest absolute Gasteiger partial charge is 0.494 e. The average Bonchev–Trinajstić information content (AvgIpc) is 2.68. The summed E-state index contributed by atoms with van der Waals surface area (Å²) in [5.74, 6) is 0.214. The molecule has 0 unspecified atom stereocenters. The van der Waals surface area contributed by atoms with Crippen LogP contribution in [0.4, 0.5) is 16.2 Å². The van der Waals surface area contributed by atoms with Crippen LogP contribution in [0.15, 0.2) is 18.2 Å². The van der Waals surface area contributed by atoms with Crippen LogP contribution in [0.1, 0.15) is 33.6 Å². The van der Waals surface area contributed by atoms with E-state index in [9.17, 15) is 18.0 Å². The fraction of sp³-hybridized carbons (Fsp3) is 0.579. The maximum Gasteiger partial charge on any atom is 0.321 e. The molecule has 1 heterocycles. The normalized spacial score (nSPS) is 15.1. The molecule has 2 rings (SSSR count). The van der Waals surface area contributed by atoms with Crippen molar-refractivity contribution in [2.45, 2.75) is 39.7 Å². The van der Waals surface area contributed by atoms with Crippen molar-refractivity contribution in [3.05, 3.63) is 18.2 Å². The average molecular weight is 427 g/mol. The monoisotopic (exact) mass is 426 g/mol. The summed E-state index contributed by atoms with van der Waals surface area (Å²) in [7, 11) is -2.01. The second-order valence-corrected chi connectivity index (χ2v) is 9.29. The minimum Gasteiger partial charge on any atom is -0.494 e. The number of hydrogen-bond acceptors (Lipinski definition) is 5. The zero-order valence-corrected chi connectivity index (χ0v) is 18.1. The van der Waals surface area contributed by atoms with Crippen LogP contribution in [0.3, 0.4) is 0 Å². The maximum absolute atomic E-state index is 12.5. The molecule has 29 heavy (non-hydrogen) atoms. The fourth-order valence-electron chi connectivity index (χ4n) is 3.04. The Kier molecular flexibility index (Phi) is 7.72. The number of piperidine rings is 1. The molecule has 1 aliphatic heterocycles. The van der Waals surface area contributed by atoms with Gasteiger partial charge in [-0.05, 0) is 45.7 Å². The molecule has 9 nitrogen and oxygen atoms in total. The second kappa shape index (κ2) is 9.82. The van der Waals surface area contributed by atoms with Gasteiger partial charge in [0.15, 0.2) is 0 Å². The zero-order valence-electron chi connectivity index (χ0n) is 17.3. The Morgan fingerprint density at radius 1 is 1.24 bits per heavy atom. The SMILES string of the molecule is CCS(=O)(=O)Nc1ccc(NC(=O)N2CCC(C(=O)NC(C)C)CC2)cc1OC. The van der Waals surface area contributed by atoms with E-state index in [1.807, 2.05) is 13.8 Å². The fourth-order valence-corrected chi connectivity index (χ4v) is 3.69. The molecule has 1 aromatic carbocycles. The second-order valence-electron chi connectivity index (χ2n) is 7.28. The van der Waals surface area contributed by atoms with Crippen molar-refractivity contribution in [2.24, 2.45) is 5.92 Å². The minimum absolute atomic E-state index is 0.0370. The van der Waals surface area contributed by atoms with Crippen molar-refractivity contribution in [1.29, 1.82) is 0 Å². The number of carbonyl (C=O) groups is 2. The quantitative estimate of drug-likeness (QED) is 0.618.